The third kappa shape index (κ3) is 2.34. The summed E-state index contributed by atoms with van der Waals surface area (Å²) >= 11 is 0. The van der Waals surface area contributed by atoms with E-state index < -0.39 is 11.5 Å². The number of hydrogen-bond donors (Lipinski definition) is 2. The van der Waals surface area contributed by atoms with Crippen molar-refractivity contribution in [2.45, 2.75) is 13.0 Å². The quantitative estimate of drug-likeness (QED) is 0.770. The van der Waals surface area contributed by atoms with Crippen LogP contribution in [0.4, 0.5) is 5.69 Å². The minimum Gasteiger partial charge on any atom is -0.506 e. The molecule has 6 nitrogen and oxygen atoms in total. The molecule has 0 bridgehead atoms. The Bertz CT molecular complexity index is 1070. The van der Waals surface area contributed by atoms with Crippen molar-refractivity contribution in [1.29, 1.82) is 0 Å². The van der Waals surface area contributed by atoms with Crippen LogP contribution in [0.2, 0.25) is 0 Å². The van der Waals surface area contributed by atoms with Crippen LogP contribution in [0.3, 0.4) is 0 Å². The van der Waals surface area contributed by atoms with Gasteiger partial charge in [0.05, 0.1) is 12.6 Å². The number of amides is 1. The highest BCUT2D eigenvalue weighted by molar-refractivity contribution is 6.09. The SMILES string of the molecule is COc1cccc(NC(=O)c2c(O)c3cccc4c3n(c2=O)CC4)c1. The molecule has 25 heavy (non-hydrogen) atoms. The summed E-state index contributed by atoms with van der Waals surface area (Å²) in [5, 5.41) is 13.7. The van der Waals surface area contributed by atoms with Gasteiger partial charge < -0.3 is 19.7 Å². The lowest BCUT2D eigenvalue weighted by Crippen LogP contribution is -2.28. The standard InChI is InChI=1S/C19H16N2O4/c1-25-13-6-3-5-12(10-13)20-18(23)15-17(22)14-7-2-4-11-8-9-21(16(11)14)19(15)24/h2-7,10,22H,8-9H2,1H3,(H,20,23). The molecule has 4 rings (SSSR count). The topological polar surface area (TPSA) is 80.6 Å². The van der Waals surface area contributed by atoms with Crippen molar-refractivity contribution in [2.24, 2.45) is 0 Å². The predicted molar refractivity (Wildman–Crippen MR) is 94.5 cm³/mol. The first kappa shape index (κ1) is 15.3. The molecule has 0 radical (unpaired) electrons. The van der Waals surface area contributed by atoms with Gasteiger partial charge in [-0.05, 0) is 30.2 Å². The maximum absolute atomic E-state index is 12.7. The van der Waals surface area contributed by atoms with Crippen LogP contribution in [0.25, 0.3) is 10.9 Å². The van der Waals surface area contributed by atoms with Crippen molar-refractivity contribution in [3.8, 4) is 11.5 Å². The lowest BCUT2D eigenvalue weighted by atomic mass is 10.1. The Hall–Kier alpha value is -3.28. The van der Waals surface area contributed by atoms with Crippen LogP contribution in [0.1, 0.15) is 15.9 Å². The number of aryl methyl sites for hydroxylation is 2. The molecule has 1 aliphatic heterocycles. The number of aromatic nitrogens is 1. The molecule has 2 aromatic carbocycles. The Morgan fingerprint density at radius 1 is 1.24 bits per heavy atom. The molecule has 0 fully saturated rings. The van der Waals surface area contributed by atoms with E-state index in [2.05, 4.69) is 5.32 Å². The molecule has 2 heterocycles. The van der Waals surface area contributed by atoms with Crippen LogP contribution in [-0.4, -0.2) is 22.7 Å². The van der Waals surface area contributed by atoms with Gasteiger partial charge in [0.15, 0.2) is 0 Å². The molecule has 126 valence electrons. The van der Waals surface area contributed by atoms with E-state index in [4.69, 9.17) is 4.74 Å². The van der Waals surface area contributed by atoms with Gasteiger partial charge in [0.2, 0.25) is 0 Å². The summed E-state index contributed by atoms with van der Waals surface area (Å²) in [6.07, 6.45) is 0.715. The molecule has 0 unspecified atom stereocenters. The number of anilines is 1. The van der Waals surface area contributed by atoms with Gasteiger partial charge in [-0.2, -0.15) is 0 Å². The van der Waals surface area contributed by atoms with Crippen LogP contribution >= 0.6 is 0 Å². The summed E-state index contributed by atoms with van der Waals surface area (Å²) in [7, 11) is 1.53. The average Bonchev–Trinajstić information content (AvgIpc) is 3.05. The van der Waals surface area contributed by atoms with Crippen molar-refractivity contribution in [3.05, 3.63) is 63.9 Å². The van der Waals surface area contributed by atoms with Crippen LogP contribution in [0.5, 0.6) is 11.5 Å². The van der Waals surface area contributed by atoms with Gasteiger partial charge in [0.1, 0.15) is 17.1 Å². The number of para-hydroxylation sites is 1. The molecule has 0 aliphatic carbocycles. The number of pyridine rings is 1. The fraction of sp³-hybridized carbons (Fsp3) is 0.158. The smallest absolute Gasteiger partial charge is 0.267 e. The molecular formula is C19H16N2O4. The number of hydrogen-bond acceptors (Lipinski definition) is 4. The predicted octanol–water partition coefficient (Wildman–Crippen LogP) is 2.52. The van der Waals surface area contributed by atoms with Crippen molar-refractivity contribution >= 4 is 22.5 Å². The summed E-state index contributed by atoms with van der Waals surface area (Å²) in [6.45, 7) is 0.508. The van der Waals surface area contributed by atoms with Crippen molar-refractivity contribution in [1.82, 2.24) is 4.57 Å². The fourth-order valence-corrected chi connectivity index (χ4v) is 3.32. The van der Waals surface area contributed by atoms with E-state index in [9.17, 15) is 14.7 Å². The zero-order valence-electron chi connectivity index (χ0n) is 13.6. The zero-order valence-corrected chi connectivity index (χ0v) is 13.6. The van der Waals surface area contributed by atoms with Crippen LogP contribution < -0.4 is 15.6 Å². The summed E-state index contributed by atoms with van der Waals surface area (Å²) in [4.78, 5) is 25.4. The van der Waals surface area contributed by atoms with E-state index in [0.29, 0.717) is 35.3 Å². The van der Waals surface area contributed by atoms with Crippen molar-refractivity contribution in [3.63, 3.8) is 0 Å². The summed E-state index contributed by atoms with van der Waals surface area (Å²) in [5.74, 6) is -0.334. The molecule has 6 heteroatoms. The Kier molecular flexibility index (Phi) is 3.46. The summed E-state index contributed by atoms with van der Waals surface area (Å²) < 4.78 is 6.68. The molecule has 3 aromatic rings. The molecule has 0 saturated heterocycles. The van der Waals surface area contributed by atoms with Gasteiger partial charge in [0.25, 0.3) is 11.5 Å². The zero-order chi connectivity index (χ0) is 17.6. The number of carbonyl (C=O) groups is 1. The number of benzene rings is 2. The summed E-state index contributed by atoms with van der Waals surface area (Å²) in [6, 6.07) is 12.3. The number of aromatic hydroxyl groups is 1. The number of carbonyl (C=O) groups excluding carboxylic acids is 1. The third-order valence-electron chi connectivity index (χ3n) is 4.50. The second kappa shape index (κ2) is 5.66. The van der Waals surface area contributed by atoms with Crippen LogP contribution in [0.15, 0.2) is 47.3 Å². The molecule has 1 aliphatic rings. The fourth-order valence-electron chi connectivity index (χ4n) is 3.32. The average molecular weight is 336 g/mol. The first-order valence-corrected chi connectivity index (χ1v) is 7.93. The highest BCUT2D eigenvalue weighted by Crippen LogP contribution is 2.32. The van der Waals surface area contributed by atoms with Gasteiger partial charge in [-0.25, -0.2) is 0 Å². The maximum atomic E-state index is 12.7. The van der Waals surface area contributed by atoms with E-state index in [1.807, 2.05) is 12.1 Å². The highest BCUT2D eigenvalue weighted by atomic mass is 16.5. The maximum Gasteiger partial charge on any atom is 0.267 e. The molecule has 2 N–H and O–H groups in total. The van der Waals surface area contributed by atoms with Crippen molar-refractivity contribution in [2.75, 3.05) is 12.4 Å². The first-order valence-electron chi connectivity index (χ1n) is 7.93. The normalized spacial score (nSPS) is 12.4. The molecule has 0 spiro atoms. The molecule has 1 amide bonds. The van der Waals surface area contributed by atoms with E-state index in [1.54, 1.807) is 34.9 Å². The monoisotopic (exact) mass is 336 g/mol. The lowest BCUT2D eigenvalue weighted by Gasteiger charge is -2.12. The Morgan fingerprint density at radius 2 is 2.04 bits per heavy atom. The first-order chi connectivity index (χ1) is 12.1. The van der Waals surface area contributed by atoms with E-state index in [0.717, 1.165) is 5.56 Å². The Balaban J connectivity index is 1.82. The number of nitrogens with zero attached hydrogens (tertiary/aromatic N) is 1. The van der Waals surface area contributed by atoms with Crippen molar-refractivity contribution < 1.29 is 14.6 Å². The molecule has 0 atom stereocenters. The van der Waals surface area contributed by atoms with Gasteiger partial charge in [-0.3, -0.25) is 9.59 Å². The second-order valence-corrected chi connectivity index (χ2v) is 5.93. The summed E-state index contributed by atoms with van der Waals surface area (Å²) in [5.41, 5.74) is 1.48. The molecular weight excluding hydrogens is 320 g/mol. The largest absolute Gasteiger partial charge is 0.506 e. The molecule has 0 saturated carbocycles. The highest BCUT2D eigenvalue weighted by Gasteiger charge is 2.26. The second-order valence-electron chi connectivity index (χ2n) is 5.93. The van der Waals surface area contributed by atoms with Gasteiger partial charge in [-0.1, -0.05) is 18.2 Å². The minimum absolute atomic E-state index is 0.241. The lowest BCUT2D eigenvalue weighted by molar-refractivity contribution is 0.102. The van der Waals surface area contributed by atoms with Gasteiger partial charge in [-0.15, -0.1) is 0 Å². The van der Waals surface area contributed by atoms with Gasteiger partial charge >= 0.3 is 0 Å². The van der Waals surface area contributed by atoms with E-state index >= 15 is 0 Å². The Labute approximate surface area is 143 Å². The number of ether oxygens (including phenoxy) is 1. The van der Waals surface area contributed by atoms with Crippen LogP contribution in [-0.2, 0) is 13.0 Å². The number of rotatable bonds is 3. The van der Waals surface area contributed by atoms with E-state index in [1.165, 1.54) is 7.11 Å². The van der Waals surface area contributed by atoms with E-state index in [-0.39, 0.29) is 11.3 Å². The third-order valence-corrected chi connectivity index (χ3v) is 4.50. The number of methoxy groups -OCH3 is 1. The van der Waals surface area contributed by atoms with Gasteiger partial charge in [0, 0.05) is 23.7 Å². The van der Waals surface area contributed by atoms with Crippen LogP contribution in [0, 0.1) is 0 Å². The number of nitrogens with one attached hydrogen (secondary N) is 1. The Morgan fingerprint density at radius 3 is 2.84 bits per heavy atom. The minimum atomic E-state index is -0.640. The molecule has 1 aromatic heterocycles.